The van der Waals surface area contributed by atoms with Crippen molar-refractivity contribution in [3.05, 3.63) is 64.2 Å². The first kappa shape index (κ1) is 18.3. The quantitative estimate of drug-likeness (QED) is 0.763. The summed E-state index contributed by atoms with van der Waals surface area (Å²) in [6, 6.07) is 8.48. The molecule has 1 aliphatic heterocycles. The number of nitrogens with zero attached hydrogens (tertiary/aromatic N) is 2. The van der Waals surface area contributed by atoms with Gasteiger partial charge in [-0.25, -0.2) is 8.78 Å². The van der Waals surface area contributed by atoms with E-state index in [4.69, 9.17) is 11.6 Å². The maximum Gasteiger partial charge on any atom is 0.258 e. The van der Waals surface area contributed by atoms with Crippen molar-refractivity contribution in [1.29, 1.82) is 0 Å². The molecule has 0 bridgehead atoms. The minimum absolute atomic E-state index is 0.0725. The molecule has 1 saturated heterocycles. The van der Waals surface area contributed by atoms with Crippen molar-refractivity contribution in [1.82, 2.24) is 4.90 Å². The third-order valence-corrected chi connectivity index (χ3v) is 4.75. The van der Waals surface area contributed by atoms with Crippen molar-refractivity contribution in [3.8, 4) is 0 Å². The molecule has 0 radical (unpaired) electrons. The number of benzene rings is 2. The minimum atomic E-state index is -0.657. The monoisotopic (exact) mass is 378 g/mol. The fourth-order valence-electron chi connectivity index (χ4n) is 2.99. The smallest absolute Gasteiger partial charge is 0.258 e. The molecular weight excluding hydrogens is 362 g/mol. The molecule has 1 fully saturated rings. The average molecular weight is 379 g/mol. The Labute approximate surface area is 155 Å². The van der Waals surface area contributed by atoms with Crippen LogP contribution in [0.3, 0.4) is 0 Å². The predicted octanol–water partition coefficient (Wildman–Crippen LogP) is 3.78. The first-order chi connectivity index (χ1) is 12.4. The number of hydrogen-bond acceptors (Lipinski definition) is 3. The second-order valence-electron chi connectivity index (χ2n) is 6.10. The number of Topliss-reactive ketones (excluding diaryl/α,β-unsaturated/α-hetero) is 1. The highest BCUT2D eigenvalue weighted by molar-refractivity contribution is 6.33. The highest BCUT2D eigenvalue weighted by atomic mass is 35.5. The molecule has 0 spiro atoms. The number of carbonyl (C=O) groups is 2. The Balaban J connectivity index is 1.71. The predicted molar refractivity (Wildman–Crippen MR) is 95.9 cm³/mol. The van der Waals surface area contributed by atoms with Crippen molar-refractivity contribution >= 4 is 29.0 Å². The SMILES string of the molecule is CC(=O)c1ccc(N2CCN(C(=O)c3c(F)cccc3Cl)CC2)c(F)c1. The van der Waals surface area contributed by atoms with Gasteiger partial charge in [-0.2, -0.15) is 0 Å². The summed E-state index contributed by atoms with van der Waals surface area (Å²) in [6.45, 7) is 2.81. The van der Waals surface area contributed by atoms with Gasteiger partial charge in [-0.1, -0.05) is 17.7 Å². The molecule has 0 aromatic heterocycles. The van der Waals surface area contributed by atoms with Crippen molar-refractivity contribution in [2.24, 2.45) is 0 Å². The van der Waals surface area contributed by atoms with E-state index >= 15 is 0 Å². The number of hydrogen-bond donors (Lipinski definition) is 0. The molecule has 2 aromatic carbocycles. The van der Waals surface area contributed by atoms with Gasteiger partial charge in [0.15, 0.2) is 5.78 Å². The summed E-state index contributed by atoms with van der Waals surface area (Å²) >= 11 is 5.95. The summed E-state index contributed by atoms with van der Waals surface area (Å²) < 4.78 is 28.2. The van der Waals surface area contributed by atoms with Crippen molar-refractivity contribution in [2.75, 3.05) is 31.1 Å². The van der Waals surface area contributed by atoms with Gasteiger partial charge in [0.05, 0.1) is 16.3 Å². The number of halogens is 3. The van der Waals surface area contributed by atoms with E-state index in [2.05, 4.69) is 0 Å². The van der Waals surface area contributed by atoms with Crippen LogP contribution in [0.2, 0.25) is 5.02 Å². The molecule has 0 saturated carbocycles. The number of piperazine rings is 1. The first-order valence-corrected chi connectivity index (χ1v) is 8.55. The van der Waals surface area contributed by atoms with Crippen molar-refractivity contribution in [2.45, 2.75) is 6.92 Å². The molecule has 1 amide bonds. The second-order valence-corrected chi connectivity index (χ2v) is 6.51. The van der Waals surface area contributed by atoms with Gasteiger partial charge < -0.3 is 9.80 Å². The minimum Gasteiger partial charge on any atom is -0.366 e. The summed E-state index contributed by atoms with van der Waals surface area (Å²) in [5, 5.41) is 0.0725. The lowest BCUT2D eigenvalue weighted by Gasteiger charge is -2.36. The molecule has 0 atom stereocenters. The second kappa shape index (κ2) is 7.41. The van der Waals surface area contributed by atoms with Gasteiger partial charge in [0.25, 0.3) is 5.91 Å². The molecule has 3 rings (SSSR count). The van der Waals surface area contributed by atoms with E-state index in [1.807, 2.05) is 0 Å². The standard InChI is InChI=1S/C19H17ClF2N2O2/c1-12(25)13-5-6-17(16(22)11-13)23-7-9-24(10-8-23)19(26)18-14(20)3-2-4-15(18)21/h2-6,11H,7-10H2,1H3. The van der Waals surface area contributed by atoms with E-state index in [1.165, 1.54) is 36.1 Å². The van der Waals surface area contributed by atoms with Gasteiger partial charge in [-0.3, -0.25) is 9.59 Å². The zero-order valence-corrected chi connectivity index (χ0v) is 14.9. The normalized spacial score (nSPS) is 14.5. The number of rotatable bonds is 3. The average Bonchev–Trinajstić information content (AvgIpc) is 2.61. The van der Waals surface area contributed by atoms with E-state index in [9.17, 15) is 18.4 Å². The fraction of sp³-hybridized carbons (Fsp3) is 0.263. The van der Waals surface area contributed by atoms with E-state index < -0.39 is 17.5 Å². The van der Waals surface area contributed by atoms with E-state index in [0.29, 0.717) is 37.4 Å². The first-order valence-electron chi connectivity index (χ1n) is 8.17. The molecule has 136 valence electrons. The van der Waals surface area contributed by atoms with Gasteiger partial charge in [0.2, 0.25) is 0 Å². The largest absolute Gasteiger partial charge is 0.366 e. The van der Waals surface area contributed by atoms with Gasteiger partial charge in [0, 0.05) is 31.7 Å². The lowest BCUT2D eigenvalue weighted by Crippen LogP contribution is -2.49. The Morgan fingerprint density at radius 3 is 2.27 bits per heavy atom. The number of carbonyl (C=O) groups excluding carboxylic acids is 2. The van der Waals surface area contributed by atoms with Gasteiger partial charge >= 0.3 is 0 Å². The Morgan fingerprint density at radius 2 is 1.69 bits per heavy atom. The van der Waals surface area contributed by atoms with Gasteiger partial charge in [-0.05, 0) is 37.3 Å². The molecule has 26 heavy (non-hydrogen) atoms. The third kappa shape index (κ3) is 3.55. The van der Waals surface area contributed by atoms with E-state index in [0.717, 1.165) is 0 Å². The fourth-order valence-corrected chi connectivity index (χ4v) is 3.24. The summed E-state index contributed by atoms with van der Waals surface area (Å²) in [7, 11) is 0. The Kier molecular flexibility index (Phi) is 5.23. The lowest BCUT2D eigenvalue weighted by molar-refractivity contribution is 0.0742. The number of amides is 1. The van der Waals surface area contributed by atoms with Crippen LogP contribution in [0.1, 0.15) is 27.6 Å². The highest BCUT2D eigenvalue weighted by Gasteiger charge is 2.26. The summed E-state index contributed by atoms with van der Waals surface area (Å²) in [6.07, 6.45) is 0. The molecular formula is C19H17ClF2N2O2. The molecule has 2 aromatic rings. The zero-order valence-electron chi connectivity index (χ0n) is 14.1. The summed E-state index contributed by atoms with van der Waals surface area (Å²) in [4.78, 5) is 27.2. The maximum absolute atomic E-state index is 14.3. The van der Waals surface area contributed by atoms with Gasteiger partial charge in [0.1, 0.15) is 11.6 Å². The van der Waals surface area contributed by atoms with E-state index in [1.54, 1.807) is 17.0 Å². The lowest BCUT2D eigenvalue weighted by atomic mass is 10.1. The van der Waals surface area contributed by atoms with Crippen LogP contribution in [-0.4, -0.2) is 42.8 Å². The molecule has 7 heteroatoms. The van der Waals surface area contributed by atoms with Gasteiger partial charge in [-0.15, -0.1) is 0 Å². The molecule has 0 aliphatic carbocycles. The van der Waals surface area contributed by atoms with Crippen LogP contribution in [0.15, 0.2) is 36.4 Å². The van der Waals surface area contributed by atoms with Crippen molar-refractivity contribution < 1.29 is 18.4 Å². The van der Waals surface area contributed by atoms with Crippen LogP contribution in [0.5, 0.6) is 0 Å². The third-order valence-electron chi connectivity index (χ3n) is 4.44. The summed E-state index contributed by atoms with van der Waals surface area (Å²) in [5.41, 5.74) is 0.555. The van der Waals surface area contributed by atoms with Crippen LogP contribution in [-0.2, 0) is 0 Å². The maximum atomic E-state index is 14.3. The van der Waals surface area contributed by atoms with Crippen LogP contribution >= 0.6 is 11.6 Å². The number of ketones is 1. The highest BCUT2D eigenvalue weighted by Crippen LogP contribution is 2.25. The molecule has 0 unspecified atom stereocenters. The van der Waals surface area contributed by atoms with Crippen LogP contribution in [0.4, 0.5) is 14.5 Å². The molecule has 0 N–H and O–H groups in total. The Bertz CT molecular complexity index is 844. The topological polar surface area (TPSA) is 40.6 Å². The van der Waals surface area contributed by atoms with E-state index in [-0.39, 0.29) is 16.4 Å². The molecule has 4 nitrogen and oxygen atoms in total. The van der Waals surface area contributed by atoms with Crippen molar-refractivity contribution in [3.63, 3.8) is 0 Å². The Hall–Kier alpha value is -2.47. The molecule has 1 heterocycles. The Morgan fingerprint density at radius 1 is 1.00 bits per heavy atom. The number of anilines is 1. The summed E-state index contributed by atoms with van der Waals surface area (Å²) in [5.74, 6) is -1.81. The van der Waals surface area contributed by atoms with Crippen LogP contribution < -0.4 is 4.90 Å². The molecule has 1 aliphatic rings. The zero-order chi connectivity index (χ0) is 18.8. The van der Waals surface area contributed by atoms with Crippen LogP contribution in [0.25, 0.3) is 0 Å². The van der Waals surface area contributed by atoms with Crippen LogP contribution in [0, 0.1) is 11.6 Å².